The average molecular weight is 555 g/mol. The molecule has 1 saturated heterocycles. The van der Waals surface area contributed by atoms with E-state index in [0.717, 1.165) is 12.8 Å². The highest BCUT2D eigenvalue weighted by Gasteiger charge is 2.33. The maximum atomic E-state index is 13.3. The second kappa shape index (κ2) is 11.2. The summed E-state index contributed by atoms with van der Waals surface area (Å²) in [6, 6.07) is 10.8. The molecule has 0 aliphatic carbocycles. The van der Waals surface area contributed by atoms with Crippen molar-refractivity contribution in [2.24, 2.45) is 0 Å². The predicted octanol–water partition coefficient (Wildman–Crippen LogP) is 2.56. The number of hydrogen-bond donors (Lipinski definition) is 2. The van der Waals surface area contributed by atoms with Crippen molar-refractivity contribution in [3.05, 3.63) is 54.2 Å². The monoisotopic (exact) mass is 554 g/mol. The molecule has 3 aromatic heterocycles. The van der Waals surface area contributed by atoms with E-state index in [-0.39, 0.29) is 34.4 Å². The van der Waals surface area contributed by atoms with Gasteiger partial charge in [-0.05, 0) is 63.9 Å². The Bertz CT molecular complexity index is 1470. The summed E-state index contributed by atoms with van der Waals surface area (Å²) in [5.74, 6) is -0.754. The van der Waals surface area contributed by atoms with Gasteiger partial charge in [-0.1, -0.05) is 6.07 Å². The lowest BCUT2D eigenvalue weighted by Gasteiger charge is -2.29. The van der Waals surface area contributed by atoms with Gasteiger partial charge in [0.25, 0.3) is 15.9 Å². The minimum atomic E-state index is -4.28. The second-order valence-electron chi connectivity index (χ2n) is 9.25. The fraction of sp³-hybridized carbons (Fsp3) is 0.346. The minimum Gasteiger partial charge on any atom is -0.466 e. The van der Waals surface area contributed by atoms with Gasteiger partial charge in [0.15, 0.2) is 11.1 Å². The molecule has 4 heterocycles. The number of ether oxygens (including phenoxy) is 2. The van der Waals surface area contributed by atoms with E-state index < -0.39 is 28.0 Å². The molecule has 3 N–H and O–H groups in total. The molecule has 12 nitrogen and oxygen atoms in total. The Kier molecular flexibility index (Phi) is 8.00. The van der Waals surface area contributed by atoms with Gasteiger partial charge in [0.1, 0.15) is 11.6 Å². The number of rotatable bonds is 8. The van der Waals surface area contributed by atoms with E-state index in [1.807, 2.05) is 18.7 Å². The molecule has 1 unspecified atom stereocenters. The number of nitrogens with one attached hydrogen (secondary N) is 1. The number of pyridine rings is 3. The van der Waals surface area contributed by atoms with Gasteiger partial charge in [0.05, 0.1) is 18.4 Å². The number of anilines is 2. The lowest BCUT2D eigenvalue weighted by Crippen LogP contribution is -2.37. The molecule has 0 saturated carbocycles. The third-order valence-corrected chi connectivity index (χ3v) is 7.66. The van der Waals surface area contributed by atoms with Gasteiger partial charge in [0, 0.05) is 29.9 Å². The molecule has 1 fully saturated rings. The Balaban J connectivity index is 1.67. The van der Waals surface area contributed by atoms with Crippen LogP contribution in [0.5, 0.6) is 5.88 Å². The van der Waals surface area contributed by atoms with Crippen molar-refractivity contribution in [2.45, 2.75) is 56.8 Å². The van der Waals surface area contributed by atoms with Crippen LogP contribution in [0, 0.1) is 0 Å². The van der Waals surface area contributed by atoms with Crippen LogP contribution in [0.4, 0.5) is 11.6 Å². The second-order valence-corrected chi connectivity index (χ2v) is 10.9. The van der Waals surface area contributed by atoms with E-state index in [9.17, 15) is 18.0 Å². The number of nitrogens with zero attached hydrogens (tertiary/aromatic N) is 4. The summed E-state index contributed by atoms with van der Waals surface area (Å²) < 4.78 is 38.0. The number of nitrogens with two attached hydrogens (primary N) is 1. The Hall–Kier alpha value is -4.26. The van der Waals surface area contributed by atoms with Crippen LogP contribution in [0.3, 0.4) is 0 Å². The van der Waals surface area contributed by atoms with Gasteiger partial charge in [-0.2, -0.15) is 8.42 Å². The van der Waals surface area contributed by atoms with Crippen LogP contribution in [0.1, 0.15) is 44.0 Å². The third kappa shape index (κ3) is 6.08. The topological polar surface area (TPSA) is 167 Å². The molecule has 0 bridgehead atoms. The van der Waals surface area contributed by atoms with Crippen molar-refractivity contribution in [1.29, 1.82) is 0 Å². The number of aromatic nitrogens is 3. The molecule has 39 heavy (non-hydrogen) atoms. The standard InChI is InChI=1S/C26H30N6O6S/c1-15-8-9-16(2)32(15)24-19(25(33)31-39(35,36)23-7-5-6-21(27)30-23)11-12-20(29-24)18-10-13-22(28-14-18)38-17(3)26(34)37-4/h5-7,10-17H,8-9H2,1-4H3,(H2,27,30)(H,31,33)/t15-,16+,17?. The number of hydrogen-bond acceptors (Lipinski definition) is 11. The molecule has 3 aromatic rings. The molecule has 0 radical (unpaired) electrons. The number of carbonyl (C=O) groups excluding carboxylic acids is 2. The van der Waals surface area contributed by atoms with Crippen LogP contribution in [-0.2, 0) is 19.6 Å². The summed E-state index contributed by atoms with van der Waals surface area (Å²) in [5, 5.41) is -0.361. The smallest absolute Gasteiger partial charge is 0.346 e. The molecule has 0 aromatic carbocycles. The molecule has 1 aliphatic heterocycles. The first-order chi connectivity index (χ1) is 18.5. The summed E-state index contributed by atoms with van der Waals surface area (Å²) in [5.41, 5.74) is 6.88. The molecule has 1 aliphatic rings. The maximum Gasteiger partial charge on any atom is 0.346 e. The summed E-state index contributed by atoms with van der Waals surface area (Å²) in [6.45, 7) is 5.62. The van der Waals surface area contributed by atoms with Crippen molar-refractivity contribution in [2.75, 3.05) is 17.7 Å². The zero-order valence-electron chi connectivity index (χ0n) is 22.0. The van der Waals surface area contributed by atoms with Gasteiger partial charge < -0.3 is 20.1 Å². The van der Waals surface area contributed by atoms with Crippen molar-refractivity contribution < 1.29 is 27.5 Å². The quantitative estimate of drug-likeness (QED) is 0.393. The first kappa shape index (κ1) is 27.8. The van der Waals surface area contributed by atoms with E-state index in [1.165, 1.54) is 37.6 Å². The molecular weight excluding hydrogens is 524 g/mol. The van der Waals surface area contributed by atoms with Crippen molar-refractivity contribution in [1.82, 2.24) is 19.7 Å². The fourth-order valence-corrected chi connectivity index (χ4v) is 5.34. The van der Waals surface area contributed by atoms with E-state index in [0.29, 0.717) is 17.1 Å². The lowest BCUT2D eigenvalue weighted by molar-refractivity contribution is -0.148. The first-order valence-electron chi connectivity index (χ1n) is 12.3. The first-order valence-corrected chi connectivity index (χ1v) is 13.8. The van der Waals surface area contributed by atoms with Crippen molar-refractivity contribution in [3.8, 4) is 17.1 Å². The van der Waals surface area contributed by atoms with Crippen LogP contribution >= 0.6 is 0 Å². The Labute approximate surface area is 226 Å². The van der Waals surface area contributed by atoms with Crippen LogP contribution in [0.25, 0.3) is 11.3 Å². The molecule has 3 atom stereocenters. The summed E-state index contributed by atoms with van der Waals surface area (Å²) in [7, 11) is -3.00. The Morgan fingerprint density at radius 1 is 1.08 bits per heavy atom. The van der Waals surface area contributed by atoms with Gasteiger partial charge in [-0.15, -0.1) is 0 Å². The van der Waals surface area contributed by atoms with Gasteiger partial charge >= 0.3 is 5.97 Å². The van der Waals surface area contributed by atoms with Crippen LogP contribution in [0.2, 0.25) is 0 Å². The van der Waals surface area contributed by atoms with Crippen molar-refractivity contribution >= 4 is 33.5 Å². The predicted molar refractivity (Wildman–Crippen MR) is 144 cm³/mol. The highest BCUT2D eigenvalue weighted by atomic mass is 32.2. The van der Waals surface area contributed by atoms with E-state index in [1.54, 1.807) is 25.1 Å². The third-order valence-electron chi connectivity index (χ3n) is 6.43. The normalized spacial score (nSPS) is 17.9. The lowest BCUT2D eigenvalue weighted by atomic mass is 10.1. The zero-order chi connectivity index (χ0) is 28.3. The number of esters is 1. The number of sulfonamides is 1. The zero-order valence-corrected chi connectivity index (χ0v) is 22.8. The van der Waals surface area contributed by atoms with E-state index >= 15 is 0 Å². The van der Waals surface area contributed by atoms with Gasteiger partial charge in [0.2, 0.25) is 5.88 Å². The molecular formula is C26H30N6O6S. The van der Waals surface area contributed by atoms with Gasteiger partial charge in [-0.25, -0.2) is 24.5 Å². The van der Waals surface area contributed by atoms with Crippen molar-refractivity contribution in [3.63, 3.8) is 0 Å². The minimum absolute atomic E-state index is 0.0153. The summed E-state index contributed by atoms with van der Waals surface area (Å²) in [6.07, 6.45) is 2.50. The average Bonchev–Trinajstić information content (AvgIpc) is 3.25. The molecule has 13 heteroatoms. The van der Waals surface area contributed by atoms with E-state index in [2.05, 4.69) is 19.4 Å². The van der Waals surface area contributed by atoms with Crippen LogP contribution in [-0.4, -0.2) is 60.5 Å². The Morgan fingerprint density at radius 3 is 2.41 bits per heavy atom. The van der Waals surface area contributed by atoms with Crippen LogP contribution in [0.15, 0.2) is 53.7 Å². The van der Waals surface area contributed by atoms with Crippen LogP contribution < -0.4 is 20.1 Å². The summed E-state index contributed by atoms with van der Waals surface area (Å²) >= 11 is 0. The highest BCUT2D eigenvalue weighted by Crippen LogP contribution is 2.33. The molecule has 206 valence electrons. The maximum absolute atomic E-state index is 13.3. The highest BCUT2D eigenvalue weighted by molar-refractivity contribution is 7.90. The molecule has 1 amide bonds. The molecule has 0 spiro atoms. The largest absolute Gasteiger partial charge is 0.466 e. The number of methoxy groups -OCH3 is 1. The SMILES string of the molecule is COC(=O)C(C)Oc1ccc(-c2ccc(C(=O)NS(=O)(=O)c3cccc(N)n3)c(N3[C@H](C)CC[C@@H]3C)n2)cn1. The fourth-order valence-electron chi connectivity index (χ4n) is 4.40. The number of amides is 1. The van der Waals surface area contributed by atoms with E-state index in [4.69, 9.17) is 15.5 Å². The number of nitrogen functional groups attached to an aromatic ring is 1. The Morgan fingerprint density at radius 2 is 1.79 bits per heavy atom. The van der Waals surface area contributed by atoms with Gasteiger partial charge in [-0.3, -0.25) is 4.79 Å². The number of carbonyl (C=O) groups is 2. The summed E-state index contributed by atoms with van der Waals surface area (Å²) in [4.78, 5) is 39.8. The molecule has 4 rings (SSSR count).